The Morgan fingerprint density at radius 1 is 0.806 bits per heavy atom. The van der Waals surface area contributed by atoms with Crippen LogP contribution in [0.5, 0.6) is 23.0 Å². The number of rotatable bonds is 10. The summed E-state index contributed by atoms with van der Waals surface area (Å²) in [6.45, 7) is 2.79. The third-order valence-electron chi connectivity index (χ3n) is 4.64. The number of carbonyl (C=O) groups excluding carboxylic acids is 1. The predicted octanol–water partition coefficient (Wildman–Crippen LogP) is 5.58. The molecule has 5 nitrogen and oxygen atoms in total. The number of ketones is 1. The lowest BCUT2D eigenvalue weighted by Gasteiger charge is -2.14. The van der Waals surface area contributed by atoms with Gasteiger partial charge < -0.3 is 18.9 Å². The number of methoxy groups -OCH3 is 2. The number of ether oxygens (including phenoxy) is 4. The molecule has 3 aromatic rings. The van der Waals surface area contributed by atoms with E-state index in [9.17, 15) is 4.79 Å². The summed E-state index contributed by atoms with van der Waals surface area (Å²) in [5.41, 5.74) is 2.24. The molecule has 0 atom stereocenters. The van der Waals surface area contributed by atoms with Crippen LogP contribution in [0.25, 0.3) is 6.08 Å². The first-order chi connectivity index (χ1) is 15.2. The lowest BCUT2D eigenvalue weighted by molar-refractivity contribution is 0.104. The van der Waals surface area contributed by atoms with Gasteiger partial charge in [-0.25, -0.2) is 0 Å². The van der Waals surface area contributed by atoms with Gasteiger partial charge in [0.1, 0.15) is 18.1 Å². The average Bonchev–Trinajstić information content (AvgIpc) is 2.82. The highest BCUT2D eigenvalue weighted by atomic mass is 16.5. The zero-order chi connectivity index (χ0) is 22.1. The molecule has 160 valence electrons. The topological polar surface area (TPSA) is 54.0 Å². The van der Waals surface area contributed by atoms with Crippen LogP contribution in [0, 0.1) is 0 Å². The molecule has 0 fully saturated rings. The molecule has 0 saturated heterocycles. The van der Waals surface area contributed by atoms with Gasteiger partial charge in [-0.15, -0.1) is 0 Å². The number of hydrogen-bond acceptors (Lipinski definition) is 5. The second-order valence-corrected chi connectivity index (χ2v) is 6.64. The maximum Gasteiger partial charge on any atom is 0.189 e. The van der Waals surface area contributed by atoms with Crippen molar-refractivity contribution in [1.82, 2.24) is 0 Å². The van der Waals surface area contributed by atoms with Gasteiger partial charge >= 0.3 is 0 Å². The predicted molar refractivity (Wildman–Crippen MR) is 121 cm³/mol. The van der Waals surface area contributed by atoms with E-state index in [1.165, 1.54) is 6.08 Å². The van der Waals surface area contributed by atoms with Crippen LogP contribution >= 0.6 is 0 Å². The Hall–Kier alpha value is -3.73. The summed E-state index contributed by atoms with van der Waals surface area (Å²) in [4.78, 5) is 12.6. The van der Waals surface area contributed by atoms with E-state index in [2.05, 4.69) is 0 Å². The zero-order valence-corrected chi connectivity index (χ0v) is 18.0. The molecule has 0 saturated carbocycles. The minimum atomic E-state index is -0.128. The van der Waals surface area contributed by atoms with Gasteiger partial charge in [-0.05, 0) is 55.0 Å². The highest BCUT2D eigenvalue weighted by Gasteiger charge is 2.10. The third-order valence-corrected chi connectivity index (χ3v) is 4.64. The molecule has 0 heterocycles. The molecule has 0 spiro atoms. The summed E-state index contributed by atoms with van der Waals surface area (Å²) in [6.07, 6.45) is 3.31. The smallest absolute Gasteiger partial charge is 0.189 e. The van der Waals surface area contributed by atoms with Gasteiger partial charge in [0.2, 0.25) is 0 Å². The highest BCUT2D eigenvalue weighted by molar-refractivity contribution is 6.08. The first kappa shape index (κ1) is 22.0. The van der Waals surface area contributed by atoms with E-state index < -0.39 is 0 Å². The molecular weight excluding hydrogens is 392 g/mol. The van der Waals surface area contributed by atoms with Crippen LogP contribution in [0.2, 0.25) is 0 Å². The summed E-state index contributed by atoms with van der Waals surface area (Å²) in [5.74, 6) is 2.49. The summed E-state index contributed by atoms with van der Waals surface area (Å²) in [7, 11) is 3.17. The van der Waals surface area contributed by atoms with Crippen LogP contribution in [-0.2, 0) is 6.61 Å². The molecule has 0 bridgehead atoms. The summed E-state index contributed by atoms with van der Waals surface area (Å²) < 4.78 is 22.3. The van der Waals surface area contributed by atoms with E-state index in [-0.39, 0.29) is 5.78 Å². The largest absolute Gasteiger partial charge is 0.496 e. The fraction of sp³-hybridized carbons (Fsp3) is 0.192. The van der Waals surface area contributed by atoms with Gasteiger partial charge in [-0.1, -0.05) is 36.4 Å². The SMILES string of the molecule is CCOc1ccccc1OCc1cc(/C=C/C(=O)c2ccccc2OC)ccc1OC. The van der Waals surface area contributed by atoms with E-state index >= 15 is 0 Å². The van der Waals surface area contributed by atoms with E-state index in [1.54, 1.807) is 32.4 Å². The van der Waals surface area contributed by atoms with Crippen LogP contribution in [0.3, 0.4) is 0 Å². The molecule has 5 heteroatoms. The van der Waals surface area contributed by atoms with Crippen LogP contribution in [-0.4, -0.2) is 26.6 Å². The molecule has 3 rings (SSSR count). The van der Waals surface area contributed by atoms with Crippen molar-refractivity contribution in [2.75, 3.05) is 20.8 Å². The number of benzene rings is 3. The quantitative estimate of drug-likeness (QED) is 0.318. The maximum absolute atomic E-state index is 12.6. The normalized spacial score (nSPS) is 10.7. The number of para-hydroxylation sites is 3. The molecule has 0 unspecified atom stereocenters. The van der Waals surface area contributed by atoms with Gasteiger partial charge in [-0.2, -0.15) is 0 Å². The molecule has 31 heavy (non-hydrogen) atoms. The fourth-order valence-corrected chi connectivity index (χ4v) is 3.12. The van der Waals surface area contributed by atoms with Gasteiger partial charge in [-0.3, -0.25) is 4.79 Å². The van der Waals surface area contributed by atoms with Crippen molar-refractivity contribution in [2.24, 2.45) is 0 Å². The lowest BCUT2D eigenvalue weighted by atomic mass is 10.1. The molecule has 0 aliphatic rings. The monoisotopic (exact) mass is 418 g/mol. The number of carbonyl (C=O) groups is 1. The van der Waals surface area contributed by atoms with Crippen LogP contribution in [0.15, 0.2) is 72.8 Å². The lowest BCUT2D eigenvalue weighted by Crippen LogP contribution is -2.02. The van der Waals surface area contributed by atoms with Crippen molar-refractivity contribution in [1.29, 1.82) is 0 Å². The number of allylic oxidation sites excluding steroid dienone is 1. The average molecular weight is 418 g/mol. The molecule has 0 N–H and O–H groups in total. The van der Waals surface area contributed by atoms with Crippen LogP contribution in [0.1, 0.15) is 28.4 Å². The standard InChI is InChI=1S/C26H26O5/c1-4-30-25-11-7-8-12-26(25)31-18-20-17-19(14-16-23(20)28-2)13-15-22(27)21-9-5-6-10-24(21)29-3/h5-17H,4,18H2,1-3H3/b15-13+. The van der Waals surface area contributed by atoms with Gasteiger partial charge in [0.05, 0.1) is 26.4 Å². The fourth-order valence-electron chi connectivity index (χ4n) is 3.12. The second kappa shape index (κ2) is 10.9. The molecular formula is C26H26O5. The van der Waals surface area contributed by atoms with E-state index in [0.717, 1.165) is 11.1 Å². The van der Waals surface area contributed by atoms with Gasteiger partial charge in [0.25, 0.3) is 0 Å². The van der Waals surface area contributed by atoms with Crippen molar-refractivity contribution in [2.45, 2.75) is 13.5 Å². The van der Waals surface area contributed by atoms with Crippen molar-refractivity contribution in [3.05, 3.63) is 89.5 Å². The van der Waals surface area contributed by atoms with Crippen molar-refractivity contribution in [3.63, 3.8) is 0 Å². The van der Waals surface area contributed by atoms with Gasteiger partial charge in [0, 0.05) is 5.56 Å². The molecule has 0 radical (unpaired) electrons. The van der Waals surface area contributed by atoms with Gasteiger partial charge in [0.15, 0.2) is 17.3 Å². The van der Waals surface area contributed by atoms with Crippen LogP contribution in [0.4, 0.5) is 0 Å². The molecule has 3 aromatic carbocycles. The zero-order valence-electron chi connectivity index (χ0n) is 18.0. The Morgan fingerprint density at radius 2 is 1.45 bits per heavy atom. The summed E-state index contributed by atoms with van der Waals surface area (Å²) in [6, 6.07) is 20.4. The Bertz CT molecular complexity index is 1060. The second-order valence-electron chi connectivity index (χ2n) is 6.64. The Kier molecular flexibility index (Phi) is 7.71. The summed E-state index contributed by atoms with van der Waals surface area (Å²) >= 11 is 0. The Morgan fingerprint density at radius 3 is 2.13 bits per heavy atom. The maximum atomic E-state index is 12.6. The molecule has 0 aromatic heterocycles. The third kappa shape index (κ3) is 5.66. The molecule has 0 aliphatic carbocycles. The van der Waals surface area contributed by atoms with Crippen molar-refractivity contribution < 1.29 is 23.7 Å². The van der Waals surface area contributed by atoms with Crippen molar-refractivity contribution >= 4 is 11.9 Å². The Labute approximate surface area is 182 Å². The van der Waals surface area contributed by atoms with E-state index in [4.69, 9.17) is 18.9 Å². The molecule has 0 aliphatic heterocycles. The minimum Gasteiger partial charge on any atom is -0.496 e. The summed E-state index contributed by atoms with van der Waals surface area (Å²) in [5, 5.41) is 0. The molecule has 0 amide bonds. The highest BCUT2D eigenvalue weighted by Crippen LogP contribution is 2.29. The first-order valence-corrected chi connectivity index (χ1v) is 10.0. The van der Waals surface area contributed by atoms with E-state index in [1.807, 2.05) is 61.5 Å². The number of hydrogen-bond donors (Lipinski definition) is 0. The van der Waals surface area contributed by atoms with E-state index in [0.29, 0.717) is 41.8 Å². The van der Waals surface area contributed by atoms with Crippen LogP contribution < -0.4 is 18.9 Å². The first-order valence-electron chi connectivity index (χ1n) is 10.0. The van der Waals surface area contributed by atoms with Crippen molar-refractivity contribution in [3.8, 4) is 23.0 Å². The Balaban J connectivity index is 1.77. The minimum absolute atomic E-state index is 0.128.